The standard InChI is InChI=1S/C14H17N3O3S/c1-3-7-17(10-13(18)19-4-2)9-12-15-14(16-20-12)11-6-5-8-21-11/h3,5-6,8H,1,4,7,9-10H2,2H3. The zero-order chi connectivity index (χ0) is 15.1. The number of thiophene rings is 1. The van der Waals surface area contributed by atoms with Crippen LogP contribution in [-0.2, 0) is 16.1 Å². The molecule has 0 unspecified atom stereocenters. The maximum Gasteiger partial charge on any atom is 0.320 e. The Balaban J connectivity index is 1.99. The van der Waals surface area contributed by atoms with Gasteiger partial charge in [0.25, 0.3) is 0 Å². The van der Waals surface area contributed by atoms with Crippen LogP contribution >= 0.6 is 11.3 Å². The van der Waals surface area contributed by atoms with E-state index in [9.17, 15) is 4.79 Å². The second kappa shape index (κ2) is 7.70. The number of rotatable bonds is 8. The topological polar surface area (TPSA) is 68.5 Å². The van der Waals surface area contributed by atoms with Gasteiger partial charge >= 0.3 is 5.97 Å². The number of carbonyl (C=O) groups is 1. The summed E-state index contributed by atoms with van der Waals surface area (Å²) in [6, 6.07) is 3.86. The van der Waals surface area contributed by atoms with E-state index >= 15 is 0 Å². The van der Waals surface area contributed by atoms with Crippen molar-refractivity contribution >= 4 is 17.3 Å². The summed E-state index contributed by atoms with van der Waals surface area (Å²) in [5.41, 5.74) is 0. The first-order valence-electron chi connectivity index (χ1n) is 6.58. The maximum atomic E-state index is 11.5. The Kier molecular flexibility index (Phi) is 5.65. The van der Waals surface area contributed by atoms with Gasteiger partial charge < -0.3 is 9.26 Å². The van der Waals surface area contributed by atoms with Crippen LogP contribution in [-0.4, -0.2) is 40.7 Å². The minimum atomic E-state index is -0.280. The highest BCUT2D eigenvalue weighted by atomic mass is 32.1. The van der Waals surface area contributed by atoms with Crippen LogP contribution in [0.5, 0.6) is 0 Å². The molecule has 2 aromatic rings. The molecule has 0 N–H and O–H groups in total. The van der Waals surface area contributed by atoms with Gasteiger partial charge in [0, 0.05) is 6.54 Å². The number of carbonyl (C=O) groups excluding carboxylic acids is 1. The molecular weight excluding hydrogens is 290 g/mol. The van der Waals surface area contributed by atoms with E-state index in [1.165, 1.54) is 0 Å². The van der Waals surface area contributed by atoms with Gasteiger partial charge in [0.05, 0.1) is 24.6 Å². The van der Waals surface area contributed by atoms with Gasteiger partial charge in [-0.2, -0.15) is 4.98 Å². The van der Waals surface area contributed by atoms with E-state index in [0.717, 1.165) is 4.88 Å². The van der Waals surface area contributed by atoms with Crippen LogP contribution in [0.1, 0.15) is 12.8 Å². The smallest absolute Gasteiger partial charge is 0.320 e. The van der Waals surface area contributed by atoms with Gasteiger partial charge in [-0.3, -0.25) is 9.69 Å². The fourth-order valence-corrected chi connectivity index (χ4v) is 2.42. The van der Waals surface area contributed by atoms with Gasteiger partial charge in [0.15, 0.2) is 0 Å². The van der Waals surface area contributed by atoms with Crippen molar-refractivity contribution in [3.05, 3.63) is 36.1 Å². The molecule has 2 aromatic heterocycles. The normalized spacial score (nSPS) is 10.8. The SMILES string of the molecule is C=CCN(CC(=O)OCC)Cc1nc(-c2cccs2)no1. The maximum absolute atomic E-state index is 11.5. The van der Waals surface area contributed by atoms with E-state index in [1.807, 2.05) is 22.4 Å². The van der Waals surface area contributed by atoms with Gasteiger partial charge in [0.1, 0.15) is 0 Å². The van der Waals surface area contributed by atoms with Crippen LogP contribution in [0.2, 0.25) is 0 Å². The summed E-state index contributed by atoms with van der Waals surface area (Å²) in [4.78, 5) is 18.7. The average molecular weight is 307 g/mol. The van der Waals surface area contributed by atoms with Crippen molar-refractivity contribution < 1.29 is 14.1 Å². The number of nitrogens with zero attached hydrogens (tertiary/aromatic N) is 3. The van der Waals surface area contributed by atoms with Crippen molar-refractivity contribution in [3.63, 3.8) is 0 Å². The highest BCUT2D eigenvalue weighted by molar-refractivity contribution is 7.13. The molecule has 0 aliphatic carbocycles. The summed E-state index contributed by atoms with van der Waals surface area (Å²) in [5, 5.41) is 5.90. The average Bonchev–Trinajstić information content (AvgIpc) is 3.09. The van der Waals surface area contributed by atoms with E-state index in [1.54, 1.807) is 24.3 Å². The molecule has 6 nitrogen and oxygen atoms in total. The lowest BCUT2D eigenvalue weighted by Crippen LogP contribution is -2.31. The van der Waals surface area contributed by atoms with Gasteiger partial charge in [-0.15, -0.1) is 17.9 Å². The zero-order valence-electron chi connectivity index (χ0n) is 11.8. The van der Waals surface area contributed by atoms with Crippen LogP contribution < -0.4 is 0 Å². The van der Waals surface area contributed by atoms with Crippen molar-refractivity contribution in [2.45, 2.75) is 13.5 Å². The van der Waals surface area contributed by atoms with Crippen LogP contribution in [0.25, 0.3) is 10.7 Å². The molecule has 2 rings (SSSR count). The molecular formula is C14H17N3O3S. The highest BCUT2D eigenvalue weighted by Gasteiger charge is 2.15. The molecule has 0 amide bonds. The lowest BCUT2D eigenvalue weighted by molar-refractivity contribution is -0.144. The van der Waals surface area contributed by atoms with Crippen molar-refractivity contribution in [2.24, 2.45) is 0 Å². The van der Waals surface area contributed by atoms with E-state index in [0.29, 0.717) is 31.4 Å². The van der Waals surface area contributed by atoms with Gasteiger partial charge in [-0.25, -0.2) is 0 Å². The monoisotopic (exact) mass is 307 g/mol. The third-order valence-corrected chi connectivity index (χ3v) is 3.48. The molecule has 0 fully saturated rings. The molecule has 0 aliphatic heterocycles. The fourth-order valence-electron chi connectivity index (χ4n) is 1.77. The molecule has 2 heterocycles. The van der Waals surface area contributed by atoms with Crippen molar-refractivity contribution in [1.82, 2.24) is 15.0 Å². The number of hydrogen-bond acceptors (Lipinski definition) is 7. The van der Waals surface area contributed by atoms with Gasteiger partial charge in [0.2, 0.25) is 11.7 Å². The second-order valence-electron chi connectivity index (χ2n) is 4.25. The van der Waals surface area contributed by atoms with Gasteiger partial charge in [-0.05, 0) is 18.4 Å². The summed E-state index contributed by atoms with van der Waals surface area (Å²) in [5.74, 6) is 0.747. The van der Waals surface area contributed by atoms with Crippen molar-refractivity contribution in [3.8, 4) is 10.7 Å². The summed E-state index contributed by atoms with van der Waals surface area (Å²) < 4.78 is 10.2. The third kappa shape index (κ3) is 4.51. The van der Waals surface area contributed by atoms with Crippen LogP contribution in [0.15, 0.2) is 34.7 Å². The number of aromatic nitrogens is 2. The predicted octanol–water partition coefficient (Wildman–Crippen LogP) is 2.35. The largest absolute Gasteiger partial charge is 0.465 e. The fraction of sp³-hybridized carbons (Fsp3) is 0.357. The Hall–Kier alpha value is -1.99. The number of hydrogen-bond donors (Lipinski definition) is 0. The van der Waals surface area contributed by atoms with Crippen LogP contribution in [0.3, 0.4) is 0 Å². The first-order chi connectivity index (χ1) is 10.2. The number of esters is 1. The third-order valence-electron chi connectivity index (χ3n) is 2.61. The van der Waals surface area contributed by atoms with Gasteiger partial charge in [-0.1, -0.05) is 17.3 Å². The predicted molar refractivity (Wildman–Crippen MR) is 79.7 cm³/mol. The lowest BCUT2D eigenvalue weighted by atomic mass is 10.4. The lowest BCUT2D eigenvalue weighted by Gasteiger charge is -2.16. The summed E-state index contributed by atoms with van der Waals surface area (Å²) >= 11 is 1.55. The first-order valence-corrected chi connectivity index (χ1v) is 7.46. The molecule has 0 saturated heterocycles. The van der Waals surface area contributed by atoms with Crippen molar-refractivity contribution in [2.75, 3.05) is 19.7 Å². The highest BCUT2D eigenvalue weighted by Crippen LogP contribution is 2.21. The van der Waals surface area contributed by atoms with Crippen molar-refractivity contribution in [1.29, 1.82) is 0 Å². The summed E-state index contributed by atoms with van der Waals surface area (Å²) in [6.07, 6.45) is 1.72. The molecule has 21 heavy (non-hydrogen) atoms. The Labute approximate surface area is 127 Å². The molecule has 0 saturated carbocycles. The minimum Gasteiger partial charge on any atom is -0.465 e. The van der Waals surface area contributed by atoms with E-state index in [-0.39, 0.29) is 12.5 Å². The molecule has 0 spiro atoms. The Bertz CT molecular complexity index is 580. The quantitative estimate of drug-likeness (QED) is 0.551. The van der Waals surface area contributed by atoms with E-state index in [2.05, 4.69) is 16.7 Å². The summed E-state index contributed by atoms with van der Waals surface area (Å²) in [7, 11) is 0. The molecule has 0 bridgehead atoms. The van der Waals surface area contributed by atoms with E-state index < -0.39 is 0 Å². The van der Waals surface area contributed by atoms with E-state index in [4.69, 9.17) is 9.26 Å². The molecule has 0 aromatic carbocycles. The second-order valence-corrected chi connectivity index (χ2v) is 5.20. The zero-order valence-corrected chi connectivity index (χ0v) is 12.6. The van der Waals surface area contributed by atoms with Crippen LogP contribution in [0.4, 0.5) is 0 Å². The summed E-state index contributed by atoms with van der Waals surface area (Å²) in [6.45, 7) is 6.90. The molecule has 0 aliphatic rings. The molecule has 112 valence electrons. The molecule has 0 radical (unpaired) electrons. The Morgan fingerprint density at radius 2 is 2.48 bits per heavy atom. The minimum absolute atomic E-state index is 0.163. The Morgan fingerprint density at radius 3 is 3.14 bits per heavy atom. The number of ether oxygens (including phenoxy) is 1. The van der Waals surface area contributed by atoms with Crippen LogP contribution in [0, 0.1) is 0 Å². The Morgan fingerprint density at radius 1 is 1.62 bits per heavy atom. The first kappa shape index (κ1) is 15.4. The molecule has 0 atom stereocenters. The molecule has 7 heteroatoms.